The molecule has 0 unspecified atom stereocenters. The summed E-state index contributed by atoms with van der Waals surface area (Å²) in [6.45, 7) is 5.55. The maximum atomic E-state index is 11.4. The first kappa shape index (κ1) is 14.9. The van der Waals surface area contributed by atoms with Crippen LogP contribution in [0.4, 0.5) is 4.79 Å². The van der Waals surface area contributed by atoms with Gasteiger partial charge in [-0.05, 0) is 38.5 Å². The predicted octanol–water partition coefficient (Wildman–Crippen LogP) is 3.72. The van der Waals surface area contributed by atoms with E-state index in [1.807, 2.05) is 0 Å². The summed E-state index contributed by atoms with van der Waals surface area (Å²) in [5.41, 5.74) is 0.127. The van der Waals surface area contributed by atoms with Crippen molar-refractivity contribution >= 4 is 29.3 Å². The van der Waals surface area contributed by atoms with Gasteiger partial charge in [-0.2, -0.15) is 0 Å². The van der Waals surface area contributed by atoms with Gasteiger partial charge in [-0.1, -0.05) is 23.2 Å². The molecule has 100 valence electrons. The van der Waals surface area contributed by atoms with E-state index in [9.17, 15) is 9.90 Å². The average Bonchev–Trinajstić information content (AvgIpc) is 2.20. The lowest BCUT2D eigenvalue weighted by molar-refractivity contribution is 0.0523. The number of carbonyl (C=O) groups excluding carboxylic acids is 1. The first-order chi connectivity index (χ1) is 8.19. The van der Waals surface area contributed by atoms with E-state index in [-0.39, 0.29) is 22.3 Å². The van der Waals surface area contributed by atoms with E-state index in [0.29, 0.717) is 5.56 Å². The van der Waals surface area contributed by atoms with E-state index in [0.717, 1.165) is 0 Å². The van der Waals surface area contributed by atoms with Crippen LogP contribution in [0.15, 0.2) is 12.1 Å². The lowest BCUT2D eigenvalue weighted by atomic mass is 10.2. The van der Waals surface area contributed by atoms with Crippen molar-refractivity contribution in [3.05, 3.63) is 27.7 Å². The Morgan fingerprint density at radius 3 is 2.28 bits per heavy atom. The highest BCUT2D eigenvalue weighted by atomic mass is 35.5. The number of hydrogen-bond acceptors (Lipinski definition) is 3. The molecule has 0 saturated carbocycles. The molecule has 0 saturated heterocycles. The van der Waals surface area contributed by atoms with Gasteiger partial charge in [0.25, 0.3) is 0 Å². The molecule has 18 heavy (non-hydrogen) atoms. The molecule has 0 aliphatic heterocycles. The second-order valence-corrected chi connectivity index (χ2v) is 5.58. The summed E-state index contributed by atoms with van der Waals surface area (Å²) in [6, 6.07) is 3.06. The largest absolute Gasteiger partial charge is 0.505 e. The van der Waals surface area contributed by atoms with E-state index in [2.05, 4.69) is 5.32 Å². The van der Waals surface area contributed by atoms with Crippen molar-refractivity contribution in [2.45, 2.75) is 32.9 Å². The fourth-order valence-corrected chi connectivity index (χ4v) is 1.74. The molecule has 0 fully saturated rings. The van der Waals surface area contributed by atoms with Crippen LogP contribution in [0.5, 0.6) is 5.75 Å². The molecule has 0 radical (unpaired) electrons. The van der Waals surface area contributed by atoms with E-state index >= 15 is 0 Å². The van der Waals surface area contributed by atoms with Gasteiger partial charge in [0.2, 0.25) is 0 Å². The highest BCUT2D eigenvalue weighted by Gasteiger charge is 2.16. The molecule has 1 aromatic rings. The van der Waals surface area contributed by atoms with Gasteiger partial charge in [0.05, 0.1) is 10.0 Å². The van der Waals surface area contributed by atoms with Gasteiger partial charge in [-0.15, -0.1) is 0 Å². The van der Waals surface area contributed by atoms with Crippen molar-refractivity contribution < 1.29 is 14.6 Å². The van der Waals surface area contributed by atoms with Gasteiger partial charge in [-0.3, -0.25) is 0 Å². The molecule has 1 amide bonds. The zero-order valence-corrected chi connectivity index (χ0v) is 11.9. The van der Waals surface area contributed by atoms with Crippen LogP contribution >= 0.6 is 23.2 Å². The van der Waals surface area contributed by atoms with Crippen LogP contribution in [0.25, 0.3) is 0 Å². The highest BCUT2D eigenvalue weighted by molar-refractivity contribution is 6.37. The third-order valence-electron chi connectivity index (χ3n) is 1.91. The molecule has 2 N–H and O–H groups in total. The lowest BCUT2D eigenvalue weighted by Crippen LogP contribution is -2.32. The number of hydrogen-bond donors (Lipinski definition) is 2. The molecule has 0 aliphatic carbocycles. The number of nitrogens with one attached hydrogen (secondary N) is 1. The molecule has 1 rings (SSSR count). The standard InChI is InChI=1S/C12H15Cl2NO3/c1-12(2,3)18-11(17)15-6-7-4-8(13)10(16)9(14)5-7/h4-5,16H,6H2,1-3H3,(H,15,17). The number of rotatable bonds is 2. The van der Waals surface area contributed by atoms with Crippen LogP contribution in [0.3, 0.4) is 0 Å². The summed E-state index contributed by atoms with van der Waals surface area (Å²) in [5.74, 6) is -0.167. The zero-order chi connectivity index (χ0) is 13.9. The number of phenols is 1. The number of ether oxygens (including phenoxy) is 1. The fraction of sp³-hybridized carbons (Fsp3) is 0.417. The molecule has 0 atom stereocenters. The molecule has 6 heteroatoms. The average molecular weight is 292 g/mol. The quantitative estimate of drug-likeness (QED) is 0.873. The number of benzene rings is 1. The van der Waals surface area contributed by atoms with Crippen molar-refractivity contribution in [2.24, 2.45) is 0 Å². The minimum Gasteiger partial charge on any atom is -0.505 e. The molecule has 0 bridgehead atoms. The summed E-state index contributed by atoms with van der Waals surface area (Å²) in [7, 11) is 0. The number of carbonyl (C=O) groups is 1. The minimum atomic E-state index is -0.547. The van der Waals surface area contributed by atoms with Crippen LogP contribution in [-0.4, -0.2) is 16.8 Å². The molecule has 0 heterocycles. The Balaban J connectivity index is 2.62. The SMILES string of the molecule is CC(C)(C)OC(=O)NCc1cc(Cl)c(O)c(Cl)c1. The molecule has 0 aliphatic rings. The van der Waals surface area contributed by atoms with Crippen LogP contribution in [0, 0.1) is 0 Å². The molecular formula is C12H15Cl2NO3. The zero-order valence-electron chi connectivity index (χ0n) is 10.4. The van der Waals surface area contributed by atoms with Gasteiger partial charge >= 0.3 is 6.09 Å². The second kappa shape index (κ2) is 5.67. The van der Waals surface area contributed by atoms with Gasteiger partial charge in [0.15, 0.2) is 5.75 Å². The third-order valence-corrected chi connectivity index (χ3v) is 2.49. The number of amides is 1. The summed E-state index contributed by atoms with van der Waals surface area (Å²) in [5, 5.41) is 12.2. The van der Waals surface area contributed by atoms with Crippen LogP contribution < -0.4 is 5.32 Å². The monoisotopic (exact) mass is 291 g/mol. The number of aromatic hydroxyl groups is 1. The summed E-state index contributed by atoms with van der Waals surface area (Å²) in [6.07, 6.45) is -0.525. The molecule has 4 nitrogen and oxygen atoms in total. The number of halogens is 2. The Kier molecular flexibility index (Phi) is 4.71. The van der Waals surface area contributed by atoms with Crippen molar-refractivity contribution in [1.29, 1.82) is 0 Å². The van der Waals surface area contributed by atoms with E-state index < -0.39 is 11.7 Å². The van der Waals surface area contributed by atoms with E-state index in [1.54, 1.807) is 20.8 Å². The topological polar surface area (TPSA) is 58.6 Å². The van der Waals surface area contributed by atoms with E-state index in [4.69, 9.17) is 27.9 Å². The van der Waals surface area contributed by atoms with E-state index in [1.165, 1.54) is 12.1 Å². The second-order valence-electron chi connectivity index (χ2n) is 4.76. The number of phenolic OH excluding ortho intramolecular Hbond substituents is 1. The Morgan fingerprint density at radius 2 is 1.83 bits per heavy atom. The molecule has 1 aromatic carbocycles. The predicted molar refractivity (Wildman–Crippen MR) is 71.2 cm³/mol. The maximum Gasteiger partial charge on any atom is 0.407 e. The van der Waals surface area contributed by atoms with Crippen molar-refractivity contribution in [3.63, 3.8) is 0 Å². The number of alkyl carbamates (subject to hydrolysis) is 1. The molecular weight excluding hydrogens is 277 g/mol. The Hall–Kier alpha value is -1.13. The van der Waals surface area contributed by atoms with Crippen molar-refractivity contribution in [3.8, 4) is 5.75 Å². The van der Waals surface area contributed by atoms with Gasteiger partial charge < -0.3 is 15.2 Å². The summed E-state index contributed by atoms with van der Waals surface area (Å²) >= 11 is 11.5. The van der Waals surface area contributed by atoms with Gasteiger partial charge in [0.1, 0.15) is 5.60 Å². The van der Waals surface area contributed by atoms with Crippen LogP contribution in [0.2, 0.25) is 10.0 Å². The molecule has 0 aromatic heterocycles. The van der Waals surface area contributed by atoms with Gasteiger partial charge in [-0.25, -0.2) is 4.79 Å². The van der Waals surface area contributed by atoms with Gasteiger partial charge in [0, 0.05) is 6.54 Å². The summed E-state index contributed by atoms with van der Waals surface area (Å²) in [4.78, 5) is 11.4. The normalized spacial score (nSPS) is 11.2. The Labute approximate surface area is 116 Å². The maximum absolute atomic E-state index is 11.4. The Bertz CT molecular complexity index is 432. The smallest absolute Gasteiger partial charge is 0.407 e. The van der Waals surface area contributed by atoms with Crippen LogP contribution in [-0.2, 0) is 11.3 Å². The first-order valence-electron chi connectivity index (χ1n) is 5.33. The summed E-state index contributed by atoms with van der Waals surface area (Å²) < 4.78 is 5.08. The lowest BCUT2D eigenvalue weighted by Gasteiger charge is -2.19. The fourth-order valence-electron chi connectivity index (χ4n) is 1.21. The van der Waals surface area contributed by atoms with Crippen molar-refractivity contribution in [1.82, 2.24) is 5.32 Å². The Morgan fingerprint density at radius 1 is 1.33 bits per heavy atom. The molecule has 0 spiro atoms. The van der Waals surface area contributed by atoms with Crippen LogP contribution in [0.1, 0.15) is 26.3 Å². The first-order valence-corrected chi connectivity index (χ1v) is 6.08. The minimum absolute atomic E-state index is 0.142. The third kappa shape index (κ3) is 4.63. The van der Waals surface area contributed by atoms with Crippen molar-refractivity contribution in [2.75, 3.05) is 0 Å². The highest BCUT2D eigenvalue weighted by Crippen LogP contribution is 2.32.